The largest absolute Gasteiger partial charge is 0.332 e. The zero-order valence-corrected chi connectivity index (χ0v) is 18.2. The molecule has 0 bridgehead atoms. The summed E-state index contributed by atoms with van der Waals surface area (Å²) in [7, 11) is -0.709. The summed E-state index contributed by atoms with van der Waals surface area (Å²) in [5.41, 5.74) is 1.92. The van der Waals surface area contributed by atoms with Gasteiger partial charge in [0.2, 0.25) is 15.9 Å². The first kappa shape index (κ1) is 22.6. The van der Waals surface area contributed by atoms with Crippen LogP contribution in [0, 0.1) is 6.92 Å². The van der Waals surface area contributed by atoms with Crippen molar-refractivity contribution in [2.24, 2.45) is 0 Å². The number of carbonyl (C=O) groups excluding carboxylic acids is 2. The number of aryl methyl sites for hydroxylation is 1. The third-order valence-electron chi connectivity index (χ3n) is 4.55. The van der Waals surface area contributed by atoms with Crippen molar-refractivity contribution < 1.29 is 18.0 Å². The molecule has 0 atom stereocenters. The molecule has 29 heavy (non-hydrogen) atoms. The predicted octanol–water partition coefficient (Wildman–Crippen LogP) is 2.73. The van der Waals surface area contributed by atoms with Gasteiger partial charge in [0.05, 0.1) is 11.4 Å². The second-order valence-electron chi connectivity index (χ2n) is 7.22. The van der Waals surface area contributed by atoms with Crippen LogP contribution in [0.5, 0.6) is 0 Å². The average molecular weight is 418 g/mol. The zero-order valence-electron chi connectivity index (χ0n) is 17.3. The Kier molecular flexibility index (Phi) is 7.16. The van der Waals surface area contributed by atoms with Crippen LogP contribution in [-0.4, -0.2) is 56.1 Å². The van der Waals surface area contributed by atoms with Crippen LogP contribution >= 0.6 is 0 Å². The number of hydrogen-bond donors (Lipinski definition) is 1. The van der Waals surface area contributed by atoms with E-state index in [0.717, 1.165) is 5.56 Å². The van der Waals surface area contributed by atoms with E-state index >= 15 is 0 Å². The van der Waals surface area contributed by atoms with Crippen molar-refractivity contribution in [2.75, 3.05) is 26.0 Å². The lowest BCUT2D eigenvalue weighted by molar-refractivity contribution is -0.116. The summed E-state index contributed by atoms with van der Waals surface area (Å²) < 4.78 is 26.6. The van der Waals surface area contributed by atoms with Gasteiger partial charge in [0.1, 0.15) is 0 Å². The second kappa shape index (κ2) is 9.19. The lowest BCUT2D eigenvalue weighted by Gasteiger charge is -2.22. The number of nitrogens with zero attached hydrogens (tertiary/aromatic N) is 2. The highest BCUT2D eigenvalue weighted by Gasteiger charge is 2.24. The molecule has 0 aliphatic heterocycles. The number of benzene rings is 2. The molecule has 8 heteroatoms. The van der Waals surface area contributed by atoms with Gasteiger partial charge < -0.3 is 10.2 Å². The molecule has 2 aromatic rings. The number of nitrogens with one attached hydrogen (secondary N) is 1. The van der Waals surface area contributed by atoms with E-state index in [1.165, 1.54) is 47.6 Å². The van der Waals surface area contributed by atoms with Gasteiger partial charge in [-0.15, -0.1) is 0 Å². The highest BCUT2D eigenvalue weighted by atomic mass is 32.2. The molecule has 1 N–H and O–H groups in total. The first-order chi connectivity index (χ1) is 13.5. The first-order valence-electron chi connectivity index (χ1n) is 9.22. The van der Waals surface area contributed by atoms with E-state index in [-0.39, 0.29) is 29.0 Å². The molecule has 2 rings (SSSR count). The van der Waals surface area contributed by atoms with Crippen molar-refractivity contribution in [3.05, 3.63) is 59.7 Å². The molecule has 0 fully saturated rings. The maximum Gasteiger partial charge on any atom is 0.254 e. The SMILES string of the molecule is Cc1ccc(NC(=O)CN(C)C(=O)c2cccc(S(=O)(=O)N(C)C(C)C)c2)cc1. The van der Waals surface area contributed by atoms with E-state index in [0.29, 0.717) is 5.69 Å². The fourth-order valence-electron chi connectivity index (χ4n) is 2.58. The highest BCUT2D eigenvalue weighted by molar-refractivity contribution is 7.89. The monoisotopic (exact) mass is 417 g/mol. The van der Waals surface area contributed by atoms with E-state index in [9.17, 15) is 18.0 Å². The molecule has 0 radical (unpaired) electrons. The molecule has 7 nitrogen and oxygen atoms in total. The van der Waals surface area contributed by atoms with Crippen molar-refractivity contribution in [2.45, 2.75) is 31.7 Å². The van der Waals surface area contributed by atoms with Crippen LogP contribution in [0.25, 0.3) is 0 Å². The molecule has 0 aliphatic carbocycles. The van der Waals surface area contributed by atoms with Crippen molar-refractivity contribution >= 4 is 27.5 Å². The maximum atomic E-state index is 12.7. The van der Waals surface area contributed by atoms with E-state index in [2.05, 4.69) is 5.32 Å². The number of anilines is 1. The molecule has 2 aromatic carbocycles. The minimum absolute atomic E-state index is 0.0389. The van der Waals surface area contributed by atoms with Gasteiger partial charge in [-0.3, -0.25) is 9.59 Å². The minimum atomic E-state index is -3.70. The molecule has 0 aromatic heterocycles. The molecule has 0 aliphatic rings. The van der Waals surface area contributed by atoms with Gasteiger partial charge in [0.25, 0.3) is 5.91 Å². The number of carbonyl (C=O) groups is 2. The van der Waals surface area contributed by atoms with Crippen LogP contribution in [0.1, 0.15) is 29.8 Å². The molecule has 0 heterocycles. The van der Waals surface area contributed by atoms with Crippen LogP contribution in [-0.2, 0) is 14.8 Å². The van der Waals surface area contributed by atoms with Gasteiger partial charge in [-0.25, -0.2) is 8.42 Å². The van der Waals surface area contributed by atoms with E-state index < -0.39 is 15.9 Å². The Morgan fingerprint density at radius 2 is 1.66 bits per heavy atom. The van der Waals surface area contributed by atoms with Gasteiger partial charge in [0.15, 0.2) is 0 Å². The summed E-state index contributed by atoms with van der Waals surface area (Å²) in [5, 5.41) is 2.73. The third-order valence-corrected chi connectivity index (χ3v) is 6.58. The minimum Gasteiger partial charge on any atom is -0.332 e. The Bertz CT molecular complexity index is 985. The summed E-state index contributed by atoms with van der Waals surface area (Å²) in [6.45, 7) is 5.33. The van der Waals surface area contributed by atoms with Crippen molar-refractivity contribution in [1.82, 2.24) is 9.21 Å². The van der Waals surface area contributed by atoms with Crippen molar-refractivity contribution in [3.63, 3.8) is 0 Å². The molecule has 156 valence electrons. The molecule has 0 spiro atoms. The summed E-state index contributed by atoms with van der Waals surface area (Å²) in [4.78, 5) is 26.2. The topological polar surface area (TPSA) is 86.8 Å². The fourth-order valence-corrected chi connectivity index (χ4v) is 3.99. The number of rotatable bonds is 7. The normalized spacial score (nSPS) is 11.6. The second-order valence-corrected chi connectivity index (χ2v) is 9.22. The van der Waals surface area contributed by atoms with Crippen LogP contribution in [0.2, 0.25) is 0 Å². The molecule has 0 saturated heterocycles. The predicted molar refractivity (Wildman–Crippen MR) is 113 cm³/mol. The van der Waals surface area contributed by atoms with Crippen LogP contribution in [0.15, 0.2) is 53.4 Å². The van der Waals surface area contributed by atoms with Crippen LogP contribution in [0.3, 0.4) is 0 Å². The highest BCUT2D eigenvalue weighted by Crippen LogP contribution is 2.18. The van der Waals surface area contributed by atoms with E-state index in [1.807, 2.05) is 19.1 Å². The Labute approximate surface area is 172 Å². The molecule has 2 amide bonds. The standard InChI is InChI=1S/C21H27N3O4S/c1-15(2)24(5)29(27,28)19-8-6-7-17(13-19)21(26)23(4)14-20(25)22-18-11-9-16(3)10-12-18/h6-13,15H,14H2,1-5H3,(H,22,25). The smallest absolute Gasteiger partial charge is 0.254 e. The number of sulfonamides is 1. The Balaban J connectivity index is 2.11. The number of amides is 2. The van der Waals surface area contributed by atoms with Gasteiger partial charge in [0, 0.05) is 31.4 Å². The summed E-state index contributed by atoms with van der Waals surface area (Å²) in [5.74, 6) is -0.777. The molecule has 0 saturated carbocycles. The average Bonchev–Trinajstić information content (AvgIpc) is 2.68. The quantitative estimate of drug-likeness (QED) is 0.750. The summed E-state index contributed by atoms with van der Waals surface area (Å²) >= 11 is 0. The van der Waals surface area contributed by atoms with Crippen LogP contribution in [0.4, 0.5) is 5.69 Å². The van der Waals surface area contributed by atoms with Gasteiger partial charge in [-0.05, 0) is 51.1 Å². The van der Waals surface area contributed by atoms with Crippen molar-refractivity contribution in [1.29, 1.82) is 0 Å². The summed E-state index contributed by atoms with van der Waals surface area (Å²) in [6.07, 6.45) is 0. The third kappa shape index (κ3) is 5.65. The first-order valence-corrected chi connectivity index (χ1v) is 10.7. The number of likely N-dealkylation sites (N-methyl/N-ethyl adjacent to an activating group) is 1. The molecular formula is C21H27N3O4S. The Morgan fingerprint density at radius 1 is 1.03 bits per heavy atom. The Morgan fingerprint density at radius 3 is 2.24 bits per heavy atom. The van der Waals surface area contributed by atoms with Gasteiger partial charge in [-0.1, -0.05) is 23.8 Å². The fraction of sp³-hybridized carbons (Fsp3) is 0.333. The van der Waals surface area contributed by atoms with Crippen molar-refractivity contribution in [3.8, 4) is 0 Å². The maximum absolute atomic E-state index is 12.7. The lowest BCUT2D eigenvalue weighted by Crippen LogP contribution is -2.35. The summed E-state index contributed by atoms with van der Waals surface area (Å²) in [6, 6.07) is 13.0. The van der Waals surface area contributed by atoms with Gasteiger partial charge >= 0.3 is 0 Å². The lowest BCUT2D eigenvalue weighted by atomic mass is 10.2. The zero-order chi connectivity index (χ0) is 21.8. The van der Waals surface area contributed by atoms with E-state index in [1.54, 1.807) is 26.0 Å². The van der Waals surface area contributed by atoms with Gasteiger partial charge in [-0.2, -0.15) is 4.31 Å². The van der Waals surface area contributed by atoms with Crippen LogP contribution < -0.4 is 5.32 Å². The molecule has 0 unspecified atom stereocenters. The number of hydrogen-bond acceptors (Lipinski definition) is 4. The Hall–Kier alpha value is -2.71. The van der Waals surface area contributed by atoms with E-state index in [4.69, 9.17) is 0 Å². The molecular weight excluding hydrogens is 390 g/mol.